The van der Waals surface area contributed by atoms with Crippen molar-refractivity contribution >= 4 is 17.8 Å². The Hall–Kier alpha value is -1.67. The van der Waals surface area contributed by atoms with Gasteiger partial charge >= 0.3 is 5.97 Å². The highest BCUT2D eigenvalue weighted by molar-refractivity contribution is 5.83. The lowest BCUT2D eigenvalue weighted by Crippen LogP contribution is -2.60. The van der Waals surface area contributed by atoms with Crippen LogP contribution in [0, 0.1) is 5.41 Å². The summed E-state index contributed by atoms with van der Waals surface area (Å²) in [6, 6.07) is -1.21. The van der Waals surface area contributed by atoms with Crippen LogP contribution >= 0.6 is 0 Å². The maximum absolute atomic E-state index is 13.2. The third-order valence-electron chi connectivity index (χ3n) is 8.14. The van der Waals surface area contributed by atoms with Crippen LogP contribution in [0.2, 0.25) is 0 Å². The van der Waals surface area contributed by atoms with E-state index in [2.05, 4.69) is 17.6 Å². The van der Waals surface area contributed by atoms with Crippen LogP contribution in [0.25, 0.3) is 0 Å². The van der Waals surface area contributed by atoms with E-state index in [9.17, 15) is 19.5 Å². The standard InChI is InChI=1S/C33H62N2O6/c1-7-9-10-11-12-13-14-15-16-17-18-19-20-21-22-23-28(36)34-26(8-2)27(24-29(37)38)35-31(39)30-32(3,4)25-40-33(5,6)41-30/h26-27,30H,7-25H2,1-6H3,(H,34,36)(H,35,39)(H,37,38). The second-order valence-electron chi connectivity index (χ2n) is 13.2. The van der Waals surface area contributed by atoms with Crippen LogP contribution in [0.4, 0.5) is 0 Å². The van der Waals surface area contributed by atoms with Gasteiger partial charge in [0.1, 0.15) is 6.10 Å². The molecular formula is C33H62N2O6. The van der Waals surface area contributed by atoms with Gasteiger partial charge < -0.3 is 25.2 Å². The first-order valence-corrected chi connectivity index (χ1v) is 16.5. The van der Waals surface area contributed by atoms with Crippen LogP contribution in [-0.4, -0.2) is 53.5 Å². The van der Waals surface area contributed by atoms with Gasteiger partial charge in [0.15, 0.2) is 5.79 Å². The van der Waals surface area contributed by atoms with Crippen LogP contribution < -0.4 is 10.6 Å². The molecule has 2 amide bonds. The van der Waals surface area contributed by atoms with E-state index in [1.807, 2.05) is 20.8 Å². The van der Waals surface area contributed by atoms with Crippen molar-refractivity contribution in [2.45, 2.75) is 181 Å². The van der Waals surface area contributed by atoms with Crippen molar-refractivity contribution in [3.05, 3.63) is 0 Å². The van der Waals surface area contributed by atoms with Gasteiger partial charge in [0.25, 0.3) is 0 Å². The Morgan fingerprint density at radius 2 is 1.24 bits per heavy atom. The number of amides is 2. The summed E-state index contributed by atoms with van der Waals surface area (Å²) in [5, 5.41) is 15.4. The molecule has 1 fully saturated rings. The van der Waals surface area contributed by atoms with Crippen LogP contribution in [0.1, 0.15) is 157 Å². The topological polar surface area (TPSA) is 114 Å². The molecule has 3 unspecified atom stereocenters. The second-order valence-corrected chi connectivity index (χ2v) is 13.2. The number of carbonyl (C=O) groups excluding carboxylic acids is 2. The number of unbranched alkanes of at least 4 members (excludes halogenated alkanes) is 14. The SMILES string of the molecule is CCCCCCCCCCCCCCCCCC(=O)NC(CC)C(CC(=O)O)NC(=O)C1OC(C)(C)OCC1(C)C. The molecule has 1 aliphatic rings. The molecular weight excluding hydrogens is 520 g/mol. The first-order valence-electron chi connectivity index (χ1n) is 16.5. The maximum Gasteiger partial charge on any atom is 0.305 e. The smallest absolute Gasteiger partial charge is 0.305 e. The number of aliphatic carboxylic acids is 1. The average Bonchev–Trinajstić information content (AvgIpc) is 2.90. The quantitative estimate of drug-likeness (QED) is 0.109. The molecule has 1 aliphatic heterocycles. The summed E-state index contributed by atoms with van der Waals surface area (Å²) in [6.07, 6.45) is 18.9. The van der Waals surface area contributed by atoms with Gasteiger partial charge in [-0.2, -0.15) is 0 Å². The van der Waals surface area contributed by atoms with Crippen molar-refractivity contribution in [3.63, 3.8) is 0 Å². The lowest BCUT2D eigenvalue weighted by molar-refractivity contribution is -0.304. The molecule has 1 saturated heterocycles. The van der Waals surface area contributed by atoms with Gasteiger partial charge in [-0.15, -0.1) is 0 Å². The highest BCUT2D eigenvalue weighted by atomic mass is 16.7. The van der Waals surface area contributed by atoms with Crippen LogP contribution in [0.15, 0.2) is 0 Å². The second kappa shape index (κ2) is 20.3. The first-order chi connectivity index (χ1) is 19.4. The summed E-state index contributed by atoms with van der Waals surface area (Å²) in [5.41, 5.74) is -0.577. The summed E-state index contributed by atoms with van der Waals surface area (Å²) in [5.74, 6) is -2.42. The first kappa shape index (κ1) is 37.4. The van der Waals surface area contributed by atoms with E-state index in [0.717, 1.165) is 19.3 Å². The number of carboxylic acids is 1. The van der Waals surface area contributed by atoms with E-state index >= 15 is 0 Å². The molecule has 3 N–H and O–H groups in total. The molecule has 3 atom stereocenters. The predicted molar refractivity (Wildman–Crippen MR) is 165 cm³/mol. The van der Waals surface area contributed by atoms with Crippen molar-refractivity contribution in [2.75, 3.05) is 6.61 Å². The van der Waals surface area contributed by atoms with E-state index in [1.54, 1.807) is 13.8 Å². The number of hydrogen-bond donors (Lipinski definition) is 3. The minimum atomic E-state index is -1.03. The Labute approximate surface area is 250 Å². The van der Waals surface area contributed by atoms with E-state index in [1.165, 1.54) is 77.0 Å². The minimum absolute atomic E-state index is 0.0973. The van der Waals surface area contributed by atoms with Gasteiger partial charge in [-0.1, -0.05) is 118 Å². The molecule has 240 valence electrons. The molecule has 0 aromatic carbocycles. The lowest BCUT2D eigenvalue weighted by Gasteiger charge is -2.45. The van der Waals surface area contributed by atoms with Gasteiger partial charge in [-0.3, -0.25) is 14.4 Å². The normalized spacial score (nSPS) is 19.3. The van der Waals surface area contributed by atoms with Gasteiger partial charge in [0.2, 0.25) is 11.8 Å². The minimum Gasteiger partial charge on any atom is -0.481 e. The molecule has 1 heterocycles. The summed E-state index contributed by atoms with van der Waals surface area (Å²) < 4.78 is 11.6. The average molecular weight is 583 g/mol. The molecule has 0 aliphatic carbocycles. The van der Waals surface area contributed by atoms with Gasteiger partial charge in [-0.05, 0) is 26.7 Å². The predicted octanol–water partition coefficient (Wildman–Crippen LogP) is 7.28. The summed E-state index contributed by atoms with van der Waals surface area (Å²) in [7, 11) is 0. The molecule has 8 heteroatoms. The van der Waals surface area contributed by atoms with Crippen LogP contribution in [-0.2, 0) is 23.9 Å². The fraction of sp³-hybridized carbons (Fsp3) is 0.909. The Kier molecular flexibility index (Phi) is 18.5. The zero-order valence-corrected chi connectivity index (χ0v) is 27.2. The number of nitrogens with one attached hydrogen (secondary N) is 2. The zero-order valence-electron chi connectivity index (χ0n) is 27.2. The Morgan fingerprint density at radius 3 is 1.71 bits per heavy atom. The molecule has 8 nitrogen and oxygen atoms in total. The number of ether oxygens (including phenoxy) is 2. The number of carbonyl (C=O) groups is 3. The molecule has 41 heavy (non-hydrogen) atoms. The van der Waals surface area contributed by atoms with Crippen LogP contribution in [0.3, 0.4) is 0 Å². The largest absolute Gasteiger partial charge is 0.481 e. The third-order valence-corrected chi connectivity index (χ3v) is 8.14. The van der Waals surface area contributed by atoms with Gasteiger partial charge in [0, 0.05) is 17.9 Å². The molecule has 0 aromatic rings. The van der Waals surface area contributed by atoms with E-state index in [4.69, 9.17) is 9.47 Å². The number of rotatable bonds is 23. The fourth-order valence-electron chi connectivity index (χ4n) is 5.48. The number of hydrogen-bond acceptors (Lipinski definition) is 5. The fourth-order valence-corrected chi connectivity index (χ4v) is 5.48. The summed E-state index contributed by atoms with van der Waals surface area (Å²) in [6.45, 7) is 11.8. The molecule has 0 bridgehead atoms. The van der Waals surface area contributed by atoms with E-state index in [-0.39, 0.29) is 18.2 Å². The highest BCUT2D eigenvalue weighted by Gasteiger charge is 2.46. The molecule has 1 rings (SSSR count). The van der Waals surface area contributed by atoms with Crippen molar-refractivity contribution in [1.82, 2.24) is 10.6 Å². The van der Waals surface area contributed by atoms with Gasteiger partial charge in [-0.25, -0.2) is 0 Å². The molecule has 0 spiro atoms. The van der Waals surface area contributed by atoms with E-state index < -0.39 is 35.4 Å². The molecule has 0 radical (unpaired) electrons. The monoisotopic (exact) mass is 582 g/mol. The molecule has 0 saturated carbocycles. The summed E-state index contributed by atoms with van der Waals surface area (Å²) in [4.78, 5) is 37.5. The van der Waals surface area contributed by atoms with Crippen molar-refractivity contribution < 1.29 is 29.0 Å². The lowest BCUT2D eigenvalue weighted by atomic mass is 9.85. The zero-order chi connectivity index (χ0) is 30.7. The van der Waals surface area contributed by atoms with E-state index in [0.29, 0.717) is 19.4 Å². The highest BCUT2D eigenvalue weighted by Crippen LogP contribution is 2.35. The molecule has 0 aromatic heterocycles. The van der Waals surface area contributed by atoms with Crippen molar-refractivity contribution in [3.8, 4) is 0 Å². The van der Waals surface area contributed by atoms with Gasteiger partial charge in [0.05, 0.1) is 19.1 Å². The Bertz CT molecular complexity index is 754. The summed E-state index contributed by atoms with van der Waals surface area (Å²) >= 11 is 0. The van der Waals surface area contributed by atoms with Crippen LogP contribution in [0.5, 0.6) is 0 Å². The van der Waals surface area contributed by atoms with Crippen molar-refractivity contribution in [1.29, 1.82) is 0 Å². The third kappa shape index (κ3) is 16.5. The van der Waals surface area contributed by atoms with Crippen molar-refractivity contribution in [2.24, 2.45) is 5.41 Å². The number of carboxylic acid groups (broad SMARTS) is 1. The Morgan fingerprint density at radius 1 is 0.756 bits per heavy atom. The Balaban J connectivity index is 2.33. The maximum atomic E-state index is 13.2.